The van der Waals surface area contributed by atoms with Crippen LogP contribution in [0.15, 0.2) is 24.3 Å². The molecule has 7 nitrogen and oxygen atoms in total. The van der Waals surface area contributed by atoms with E-state index in [9.17, 15) is 14.4 Å². The molecule has 0 bridgehead atoms. The van der Waals surface area contributed by atoms with Crippen LogP contribution in [0.2, 0.25) is 5.02 Å². The van der Waals surface area contributed by atoms with E-state index >= 15 is 0 Å². The molecular formula is C19H24ClN3O4. The largest absolute Gasteiger partial charge is 0.383 e. The molecule has 2 aliphatic rings. The van der Waals surface area contributed by atoms with Gasteiger partial charge in [-0.3, -0.25) is 14.4 Å². The molecule has 2 fully saturated rings. The summed E-state index contributed by atoms with van der Waals surface area (Å²) in [6.07, 6.45) is 0.256. The van der Waals surface area contributed by atoms with Gasteiger partial charge in [0.1, 0.15) is 0 Å². The van der Waals surface area contributed by atoms with E-state index in [-0.39, 0.29) is 30.1 Å². The van der Waals surface area contributed by atoms with Gasteiger partial charge in [0.15, 0.2) is 0 Å². The lowest BCUT2D eigenvalue weighted by molar-refractivity contribution is -0.137. The zero-order chi connectivity index (χ0) is 19.4. The second kappa shape index (κ2) is 8.71. The molecule has 0 saturated carbocycles. The molecule has 0 spiro atoms. The quantitative estimate of drug-likeness (QED) is 0.751. The van der Waals surface area contributed by atoms with E-state index in [4.69, 9.17) is 16.3 Å². The zero-order valence-corrected chi connectivity index (χ0v) is 16.2. The van der Waals surface area contributed by atoms with E-state index in [0.29, 0.717) is 56.5 Å². The number of likely N-dealkylation sites (tertiary alicyclic amines) is 1. The Morgan fingerprint density at radius 2 is 1.74 bits per heavy atom. The summed E-state index contributed by atoms with van der Waals surface area (Å²) in [7, 11) is 1.59. The molecule has 0 aliphatic carbocycles. The Morgan fingerprint density at radius 1 is 1.11 bits per heavy atom. The first-order chi connectivity index (χ1) is 13.0. The Labute approximate surface area is 163 Å². The lowest BCUT2D eigenvalue weighted by atomic mass is 10.1. The number of amides is 3. The van der Waals surface area contributed by atoms with Crippen LogP contribution in [0.3, 0.4) is 0 Å². The molecule has 2 aliphatic heterocycles. The molecule has 146 valence electrons. The molecule has 0 radical (unpaired) electrons. The summed E-state index contributed by atoms with van der Waals surface area (Å²) in [6, 6.07) is 6.81. The highest BCUT2D eigenvalue weighted by molar-refractivity contribution is 6.30. The summed E-state index contributed by atoms with van der Waals surface area (Å²) in [5, 5.41) is 0.590. The number of benzene rings is 1. The molecule has 2 saturated heterocycles. The van der Waals surface area contributed by atoms with Crippen molar-refractivity contribution in [2.24, 2.45) is 5.92 Å². The summed E-state index contributed by atoms with van der Waals surface area (Å²) in [6.45, 7) is 3.38. The van der Waals surface area contributed by atoms with Crippen LogP contribution in [0.5, 0.6) is 0 Å². The van der Waals surface area contributed by atoms with Gasteiger partial charge in [0.05, 0.1) is 12.5 Å². The average Bonchev–Trinajstić information content (AvgIpc) is 3.06. The van der Waals surface area contributed by atoms with Crippen molar-refractivity contribution >= 4 is 29.3 Å². The van der Waals surface area contributed by atoms with Gasteiger partial charge in [-0.05, 0) is 24.3 Å². The van der Waals surface area contributed by atoms with Crippen LogP contribution in [-0.4, -0.2) is 85.4 Å². The summed E-state index contributed by atoms with van der Waals surface area (Å²) < 4.78 is 5.01. The van der Waals surface area contributed by atoms with E-state index in [2.05, 4.69) is 0 Å². The number of hydrogen-bond donors (Lipinski definition) is 0. The molecule has 2 heterocycles. The van der Waals surface area contributed by atoms with E-state index < -0.39 is 0 Å². The highest BCUT2D eigenvalue weighted by Crippen LogP contribution is 2.21. The molecule has 1 atom stereocenters. The van der Waals surface area contributed by atoms with Gasteiger partial charge in [-0.25, -0.2) is 0 Å². The Bertz CT molecular complexity index is 701. The highest BCUT2D eigenvalue weighted by atomic mass is 35.5. The molecule has 3 amide bonds. The molecule has 1 unspecified atom stereocenters. The number of halogens is 1. The van der Waals surface area contributed by atoms with Crippen LogP contribution in [0.25, 0.3) is 0 Å². The van der Waals surface area contributed by atoms with Gasteiger partial charge in [0, 0.05) is 63.4 Å². The predicted molar refractivity (Wildman–Crippen MR) is 100 cm³/mol. The van der Waals surface area contributed by atoms with Gasteiger partial charge >= 0.3 is 0 Å². The standard InChI is InChI=1S/C19H24ClN3O4/c1-27-11-10-23-13-15(12-17(23)24)19(26)22-8-6-21(7-9-22)18(25)14-2-4-16(20)5-3-14/h2-5,15H,6-13H2,1H3. The van der Waals surface area contributed by atoms with Crippen LogP contribution < -0.4 is 0 Å². The molecule has 3 rings (SSSR count). The van der Waals surface area contributed by atoms with E-state index in [1.54, 1.807) is 46.1 Å². The molecule has 8 heteroatoms. The van der Waals surface area contributed by atoms with Gasteiger partial charge < -0.3 is 19.4 Å². The lowest BCUT2D eigenvalue weighted by Crippen LogP contribution is -2.52. The van der Waals surface area contributed by atoms with Crippen molar-refractivity contribution in [3.8, 4) is 0 Å². The van der Waals surface area contributed by atoms with Crippen molar-refractivity contribution in [3.05, 3.63) is 34.9 Å². The summed E-state index contributed by atoms with van der Waals surface area (Å²) in [4.78, 5) is 42.5. The van der Waals surface area contributed by atoms with Gasteiger partial charge in [-0.2, -0.15) is 0 Å². The first-order valence-electron chi connectivity index (χ1n) is 9.10. The van der Waals surface area contributed by atoms with Crippen LogP contribution in [0, 0.1) is 5.92 Å². The molecule has 0 N–H and O–H groups in total. The second-order valence-corrected chi connectivity index (χ2v) is 7.29. The van der Waals surface area contributed by atoms with Crippen molar-refractivity contribution in [2.45, 2.75) is 6.42 Å². The fourth-order valence-corrected chi connectivity index (χ4v) is 3.64. The third kappa shape index (κ3) is 4.59. The molecule has 1 aromatic carbocycles. The predicted octanol–water partition coefficient (Wildman–Crippen LogP) is 1.12. The third-order valence-electron chi connectivity index (χ3n) is 5.10. The van der Waals surface area contributed by atoms with E-state index in [1.165, 1.54) is 0 Å². The van der Waals surface area contributed by atoms with Gasteiger partial charge in [0.25, 0.3) is 5.91 Å². The Morgan fingerprint density at radius 3 is 2.37 bits per heavy atom. The minimum absolute atomic E-state index is 0.00172. The van der Waals surface area contributed by atoms with Crippen LogP contribution >= 0.6 is 11.6 Å². The van der Waals surface area contributed by atoms with Crippen molar-refractivity contribution in [1.29, 1.82) is 0 Å². The first-order valence-corrected chi connectivity index (χ1v) is 9.47. The number of hydrogen-bond acceptors (Lipinski definition) is 4. The first kappa shape index (κ1) is 19.6. The van der Waals surface area contributed by atoms with Crippen LogP contribution in [0.1, 0.15) is 16.8 Å². The molecule has 27 heavy (non-hydrogen) atoms. The van der Waals surface area contributed by atoms with Crippen molar-refractivity contribution in [2.75, 3.05) is 53.0 Å². The highest BCUT2D eigenvalue weighted by Gasteiger charge is 2.37. The maximum atomic E-state index is 12.7. The second-order valence-electron chi connectivity index (χ2n) is 6.86. The maximum absolute atomic E-state index is 12.7. The summed E-state index contributed by atoms with van der Waals surface area (Å²) in [5.41, 5.74) is 0.592. The van der Waals surface area contributed by atoms with Gasteiger partial charge in [-0.15, -0.1) is 0 Å². The third-order valence-corrected chi connectivity index (χ3v) is 5.35. The van der Waals surface area contributed by atoms with Crippen molar-refractivity contribution in [3.63, 3.8) is 0 Å². The average molecular weight is 394 g/mol. The fourth-order valence-electron chi connectivity index (χ4n) is 3.52. The molecule has 0 aromatic heterocycles. The number of carbonyl (C=O) groups is 3. The fraction of sp³-hybridized carbons (Fsp3) is 0.526. The van der Waals surface area contributed by atoms with Gasteiger partial charge in [0.2, 0.25) is 11.8 Å². The molecular weight excluding hydrogens is 370 g/mol. The van der Waals surface area contributed by atoms with Crippen molar-refractivity contribution < 1.29 is 19.1 Å². The summed E-state index contributed by atoms with van der Waals surface area (Å²) in [5.74, 6) is -0.350. The number of methoxy groups -OCH3 is 1. The van der Waals surface area contributed by atoms with Crippen molar-refractivity contribution in [1.82, 2.24) is 14.7 Å². The lowest BCUT2D eigenvalue weighted by Gasteiger charge is -2.36. The Kier molecular flexibility index (Phi) is 6.34. The number of ether oxygens (including phenoxy) is 1. The Balaban J connectivity index is 1.51. The minimum atomic E-state index is -0.298. The number of carbonyl (C=O) groups excluding carboxylic acids is 3. The topological polar surface area (TPSA) is 70.2 Å². The van der Waals surface area contributed by atoms with E-state index in [1.807, 2.05) is 0 Å². The normalized spacial score (nSPS) is 20.3. The summed E-state index contributed by atoms with van der Waals surface area (Å²) >= 11 is 5.86. The number of piperazine rings is 1. The SMILES string of the molecule is COCCN1CC(C(=O)N2CCN(C(=O)c3ccc(Cl)cc3)CC2)CC1=O. The van der Waals surface area contributed by atoms with E-state index in [0.717, 1.165) is 0 Å². The maximum Gasteiger partial charge on any atom is 0.253 e. The number of rotatable bonds is 5. The number of nitrogens with zero attached hydrogens (tertiary/aromatic N) is 3. The Hall–Kier alpha value is -2.12. The van der Waals surface area contributed by atoms with Crippen LogP contribution in [0.4, 0.5) is 0 Å². The minimum Gasteiger partial charge on any atom is -0.383 e. The molecule has 1 aromatic rings. The monoisotopic (exact) mass is 393 g/mol. The zero-order valence-electron chi connectivity index (χ0n) is 15.4. The smallest absolute Gasteiger partial charge is 0.253 e. The van der Waals surface area contributed by atoms with Gasteiger partial charge in [-0.1, -0.05) is 11.6 Å². The van der Waals surface area contributed by atoms with Crippen LogP contribution in [-0.2, 0) is 14.3 Å².